The molecule has 0 aliphatic carbocycles. The molecule has 5 heteroatoms. The summed E-state index contributed by atoms with van der Waals surface area (Å²) in [7, 11) is 1.18. The highest BCUT2D eigenvalue weighted by Crippen LogP contribution is 2.25. The summed E-state index contributed by atoms with van der Waals surface area (Å²) >= 11 is 8.56. The van der Waals surface area contributed by atoms with Gasteiger partial charge < -0.3 is 4.74 Å². The molecule has 0 aliphatic heterocycles. The van der Waals surface area contributed by atoms with Gasteiger partial charge in [-0.1, -0.05) is 11.6 Å². The van der Waals surface area contributed by atoms with Gasteiger partial charge in [0, 0.05) is 9.50 Å². The maximum Gasteiger partial charge on any atom is 0.342 e. The Balaban J connectivity index is 3.28. The van der Waals surface area contributed by atoms with Gasteiger partial charge in [-0.2, -0.15) is 0 Å². The third kappa shape index (κ3) is 2.19. The summed E-state index contributed by atoms with van der Waals surface area (Å²) < 4.78 is 17.8. The van der Waals surface area contributed by atoms with Crippen LogP contribution in [0.25, 0.3) is 0 Å². The molecule has 0 radical (unpaired) electrons. The zero-order valence-electron chi connectivity index (χ0n) is 6.61. The second kappa shape index (κ2) is 4.07. The van der Waals surface area contributed by atoms with Gasteiger partial charge in [0.05, 0.1) is 7.11 Å². The van der Waals surface area contributed by atoms with Crippen LogP contribution >= 0.6 is 27.5 Å². The number of halogens is 3. The largest absolute Gasteiger partial charge is 0.465 e. The Hall–Kier alpha value is -0.610. The number of carbonyl (C=O) groups excluding carboxylic acids is 1. The molecule has 0 saturated carbocycles. The van der Waals surface area contributed by atoms with Crippen LogP contribution in [-0.4, -0.2) is 13.1 Å². The molecule has 0 unspecified atom stereocenters. The molecule has 0 amide bonds. The van der Waals surface area contributed by atoms with Crippen LogP contribution in [-0.2, 0) is 4.74 Å². The molecule has 0 aliphatic rings. The van der Waals surface area contributed by atoms with Crippen molar-refractivity contribution >= 4 is 33.5 Å². The molecular weight excluding hydrogens is 262 g/mol. The maximum atomic E-state index is 13.1. The van der Waals surface area contributed by atoms with E-state index in [0.717, 1.165) is 6.07 Å². The maximum absolute atomic E-state index is 13.1. The van der Waals surface area contributed by atoms with Crippen molar-refractivity contribution in [3.05, 3.63) is 33.0 Å². The lowest BCUT2D eigenvalue weighted by Gasteiger charge is -2.03. The van der Waals surface area contributed by atoms with Crippen LogP contribution in [0, 0.1) is 5.82 Å². The lowest BCUT2D eigenvalue weighted by Crippen LogP contribution is -2.05. The number of rotatable bonds is 1. The first kappa shape index (κ1) is 10.5. The summed E-state index contributed by atoms with van der Waals surface area (Å²) in [4.78, 5) is 11.0. The van der Waals surface area contributed by atoms with E-state index in [0.29, 0.717) is 0 Å². The molecule has 2 nitrogen and oxygen atoms in total. The van der Waals surface area contributed by atoms with Crippen LogP contribution in [0.1, 0.15) is 10.4 Å². The lowest BCUT2D eigenvalue weighted by molar-refractivity contribution is 0.0594. The van der Waals surface area contributed by atoms with E-state index in [1.54, 1.807) is 0 Å². The SMILES string of the molecule is COC(=O)c1c(F)cc(Cl)cc1Br. The number of carbonyl (C=O) groups is 1. The fourth-order valence-corrected chi connectivity index (χ4v) is 1.77. The first-order chi connectivity index (χ1) is 6.06. The van der Waals surface area contributed by atoms with Gasteiger partial charge in [0.1, 0.15) is 11.4 Å². The molecule has 13 heavy (non-hydrogen) atoms. The molecule has 1 rings (SSSR count). The number of benzene rings is 1. The first-order valence-electron chi connectivity index (χ1n) is 3.29. The summed E-state index contributed by atoms with van der Waals surface area (Å²) in [6.07, 6.45) is 0. The Morgan fingerprint density at radius 3 is 2.69 bits per heavy atom. The Bertz CT molecular complexity index is 331. The fourth-order valence-electron chi connectivity index (χ4n) is 0.839. The van der Waals surface area contributed by atoms with Crippen molar-refractivity contribution in [2.75, 3.05) is 7.11 Å². The molecule has 70 valence electrons. The van der Waals surface area contributed by atoms with Crippen molar-refractivity contribution in [2.24, 2.45) is 0 Å². The highest BCUT2D eigenvalue weighted by Gasteiger charge is 2.16. The van der Waals surface area contributed by atoms with E-state index in [1.165, 1.54) is 13.2 Å². The molecule has 0 heterocycles. The minimum Gasteiger partial charge on any atom is -0.465 e. The Morgan fingerprint density at radius 2 is 2.23 bits per heavy atom. The van der Waals surface area contributed by atoms with E-state index in [-0.39, 0.29) is 15.1 Å². The molecule has 0 saturated heterocycles. The van der Waals surface area contributed by atoms with Gasteiger partial charge in [0.25, 0.3) is 0 Å². The predicted octanol–water partition coefficient (Wildman–Crippen LogP) is 3.03. The molecule has 0 fully saturated rings. The Morgan fingerprint density at radius 1 is 1.62 bits per heavy atom. The number of hydrogen-bond acceptors (Lipinski definition) is 2. The van der Waals surface area contributed by atoms with E-state index >= 15 is 0 Å². The van der Waals surface area contributed by atoms with Gasteiger partial charge in [-0.25, -0.2) is 9.18 Å². The zero-order chi connectivity index (χ0) is 10.0. The average Bonchev–Trinajstić information content (AvgIpc) is 2.02. The van der Waals surface area contributed by atoms with Crippen LogP contribution in [0.2, 0.25) is 5.02 Å². The van der Waals surface area contributed by atoms with Crippen LogP contribution in [0.5, 0.6) is 0 Å². The van der Waals surface area contributed by atoms with Gasteiger partial charge in [-0.05, 0) is 28.1 Å². The van der Waals surface area contributed by atoms with Crippen molar-refractivity contribution in [2.45, 2.75) is 0 Å². The number of ether oxygens (including phenoxy) is 1. The average molecular weight is 267 g/mol. The minimum atomic E-state index is -0.735. The fraction of sp³-hybridized carbons (Fsp3) is 0.125. The molecule has 0 aromatic heterocycles. The molecule has 1 aromatic rings. The van der Waals surface area contributed by atoms with E-state index in [4.69, 9.17) is 11.6 Å². The van der Waals surface area contributed by atoms with Crippen molar-refractivity contribution in [1.29, 1.82) is 0 Å². The number of esters is 1. The second-order valence-corrected chi connectivity index (χ2v) is 3.53. The summed E-state index contributed by atoms with van der Waals surface area (Å²) in [5, 5.41) is 0.219. The summed E-state index contributed by atoms with van der Waals surface area (Å²) in [6, 6.07) is 2.48. The van der Waals surface area contributed by atoms with Crippen LogP contribution in [0.4, 0.5) is 4.39 Å². The van der Waals surface area contributed by atoms with Gasteiger partial charge in [0.15, 0.2) is 0 Å². The minimum absolute atomic E-state index is 0.146. The number of methoxy groups -OCH3 is 1. The summed E-state index contributed by atoms with van der Waals surface area (Å²) in [5.41, 5.74) is -0.146. The third-order valence-corrected chi connectivity index (χ3v) is 2.24. The zero-order valence-corrected chi connectivity index (χ0v) is 8.95. The monoisotopic (exact) mass is 266 g/mol. The Kier molecular flexibility index (Phi) is 3.27. The Labute approximate surface area is 87.8 Å². The van der Waals surface area contributed by atoms with Crippen molar-refractivity contribution in [3.63, 3.8) is 0 Å². The molecular formula is C8H5BrClFO2. The van der Waals surface area contributed by atoms with E-state index in [2.05, 4.69) is 20.7 Å². The van der Waals surface area contributed by atoms with E-state index in [1.807, 2.05) is 0 Å². The van der Waals surface area contributed by atoms with Crippen LogP contribution in [0.3, 0.4) is 0 Å². The normalized spacial score (nSPS) is 9.85. The van der Waals surface area contributed by atoms with E-state index in [9.17, 15) is 9.18 Å². The summed E-state index contributed by atoms with van der Waals surface area (Å²) in [5.74, 6) is -1.44. The number of hydrogen-bond donors (Lipinski definition) is 0. The summed E-state index contributed by atoms with van der Waals surface area (Å²) in [6.45, 7) is 0. The van der Waals surface area contributed by atoms with Gasteiger partial charge in [-0.3, -0.25) is 0 Å². The van der Waals surface area contributed by atoms with Gasteiger partial charge in [-0.15, -0.1) is 0 Å². The third-order valence-electron chi connectivity index (χ3n) is 1.40. The van der Waals surface area contributed by atoms with Crippen molar-refractivity contribution < 1.29 is 13.9 Å². The smallest absolute Gasteiger partial charge is 0.342 e. The topological polar surface area (TPSA) is 26.3 Å². The lowest BCUT2D eigenvalue weighted by atomic mass is 10.2. The quantitative estimate of drug-likeness (QED) is 0.731. The van der Waals surface area contributed by atoms with E-state index < -0.39 is 11.8 Å². The highest BCUT2D eigenvalue weighted by atomic mass is 79.9. The highest BCUT2D eigenvalue weighted by molar-refractivity contribution is 9.10. The predicted molar refractivity (Wildman–Crippen MR) is 50.4 cm³/mol. The van der Waals surface area contributed by atoms with Crippen molar-refractivity contribution in [3.8, 4) is 0 Å². The molecule has 0 spiro atoms. The van der Waals surface area contributed by atoms with Crippen molar-refractivity contribution in [1.82, 2.24) is 0 Å². The van der Waals surface area contributed by atoms with Crippen LogP contribution in [0.15, 0.2) is 16.6 Å². The molecule has 1 aromatic carbocycles. The van der Waals surface area contributed by atoms with Gasteiger partial charge in [0.2, 0.25) is 0 Å². The van der Waals surface area contributed by atoms with Crippen LogP contribution < -0.4 is 0 Å². The molecule has 0 atom stereocenters. The molecule has 0 N–H and O–H groups in total. The standard InChI is InChI=1S/C8H5BrClFO2/c1-13-8(12)7-5(9)2-4(10)3-6(7)11/h2-3H,1H3. The first-order valence-corrected chi connectivity index (χ1v) is 4.46. The second-order valence-electron chi connectivity index (χ2n) is 2.24. The van der Waals surface area contributed by atoms with Gasteiger partial charge >= 0.3 is 5.97 Å². The molecule has 0 bridgehead atoms.